The fourth-order valence-electron chi connectivity index (χ4n) is 2.59. The van der Waals surface area contributed by atoms with Crippen LogP contribution in [0, 0.1) is 11.7 Å². The van der Waals surface area contributed by atoms with Gasteiger partial charge in [0.1, 0.15) is 5.82 Å². The van der Waals surface area contributed by atoms with Crippen LogP contribution < -0.4 is 5.73 Å². The van der Waals surface area contributed by atoms with E-state index >= 15 is 0 Å². The van der Waals surface area contributed by atoms with E-state index in [0.29, 0.717) is 12.5 Å². The van der Waals surface area contributed by atoms with Crippen molar-refractivity contribution in [3.05, 3.63) is 35.6 Å². The van der Waals surface area contributed by atoms with Gasteiger partial charge < -0.3 is 15.7 Å². The molecule has 1 aliphatic rings. The Labute approximate surface area is 114 Å². The van der Waals surface area contributed by atoms with E-state index in [1.165, 1.54) is 12.1 Å². The molecule has 106 valence electrons. The zero-order chi connectivity index (χ0) is 13.7. The molecule has 19 heavy (non-hydrogen) atoms. The Morgan fingerprint density at radius 3 is 2.47 bits per heavy atom. The number of piperidine rings is 1. The second-order valence-corrected chi connectivity index (χ2v) is 5.41. The topological polar surface area (TPSA) is 49.5 Å². The van der Waals surface area contributed by atoms with Crippen molar-refractivity contribution in [2.75, 3.05) is 26.2 Å². The fraction of sp³-hybridized carbons (Fsp3) is 0.600. The smallest absolute Gasteiger partial charge is 0.123 e. The van der Waals surface area contributed by atoms with E-state index in [-0.39, 0.29) is 11.9 Å². The molecule has 1 aromatic rings. The first kappa shape index (κ1) is 14.4. The molecule has 1 aliphatic heterocycles. The van der Waals surface area contributed by atoms with E-state index in [0.717, 1.165) is 44.5 Å². The van der Waals surface area contributed by atoms with Gasteiger partial charge in [0, 0.05) is 12.6 Å². The summed E-state index contributed by atoms with van der Waals surface area (Å²) in [4.78, 5) is 2.40. The normalized spacial score (nSPS) is 19.5. The van der Waals surface area contributed by atoms with Crippen LogP contribution in [0.15, 0.2) is 24.3 Å². The van der Waals surface area contributed by atoms with Crippen molar-refractivity contribution >= 4 is 0 Å². The Morgan fingerprint density at radius 1 is 1.26 bits per heavy atom. The molecule has 0 saturated carbocycles. The number of halogens is 1. The van der Waals surface area contributed by atoms with Gasteiger partial charge in [0.05, 0.1) is 0 Å². The molecule has 3 nitrogen and oxygen atoms in total. The number of nitrogens with two attached hydrogens (primary N) is 1. The largest absolute Gasteiger partial charge is 0.396 e. The molecule has 0 aliphatic carbocycles. The number of nitrogens with zero attached hydrogens (tertiary/aromatic N) is 1. The molecule has 3 N–H and O–H groups in total. The highest BCUT2D eigenvalue weighted by atomic mass is 19.1. The van der Waals surface area contributed by atoms with Crippen LogP contribution in [-0.2, 0) is 0 Å². The van der Waals surface area contributed by atoms with Gasteiger partial charge in [0.2, 0.25) is 0 Å². The maximum atomic E-state index is 12.8. The molecule has 4 heteroatoms. The van der Waals surface area contributed by atoms with Crippen LogP contribution in [0.25, 0.3) is 0 Å². The predicted octanol–water partition coefficient (Wildman–Crippen LogP) is 1.92. The monoisotopic (exact) mass is 266 g/mol. The maximum Gasteiger partial charge on any atom is 0.123 e. The van der Waals surface area contributed by atoms with Crippen LogP contribution in [-0.4, -0.2) is 36.2 Å². The Bertz CT molecular complexity index is 374. The van der Waals surface area contributed by atoms with Crippen LogP contribution in [0.1, 0.15) is 30.9 Å². The molecule has 1 saturated heterocycles. The minimum Gasteiger partial charge on any atom is -0.396 e. The summed E-state index contributed by atoms with van der Waals surface area (Å²) in [6.07, 6.45) is 3.03. The van der Waals surface area contributed by atoms with Crippen LogP contribution in [0.5, 0.6) is 0 Å². The summed E-state index contributed by atoms with van der Waals surface area (Å²) in [5, 5.41) is 9.10. The van der Waals surface area contributed by atoms with Crippen LogP contribution in [0.3, 0.4) is 0 Å². The first-order chi connectivity index (χ1) is 9.19. The van der Waals surface area contributed by atoms with Crippen LogP contribution in [0.2, 0.25) is 0 Å². The molecule has 1 fully saturated rings. The van der Waals surface area contributed by atoms with Crippen molar-refractivity contribution in [3.8, 4) is 0 Å². The third-order valence-corrected chi connectivity index (χ3v) is 4.02. The quantitative estimate of drug-likeness (QED) is 0.856. The highest BCUT2D eigenvalue weighted by Gasteiger charge is 2.18. The molecular weight excluding hydrogens is 243 g/mol. The van der Waals surface area contributed by atoms with Gasteiger partial charge in [-0.3, -0.25) is 0 Å². The van der Waals surface area contributed by atoms with Gasteiger partial charge in [0.15, 0.2) is 0 Å². The summed E-state index contributed by atoms with van der Waals surface area (Å²) in [6.45, 7) is 3.36. The first-order valence-electron chi connectivity index (χ1n) is 7.03. The third-order valence-electron chi connectivity index (χ3n) is 4.02. The first-order valence-corrected chi connectivity index (χ1v) is 7.03. The van der Waals surface area contributed by atoms with E-state index in [1.807, 2.05) is 0 Å². The highest BCUT2D eigenvalue weighted by molar-refractivity contribution is 5.19. The van der Waals surface area contributed by atoms with E-state index in [9.17, 15) is 4.39 Å². The van der Waals surface area contributed by atoms with Gasteiger partial charge in [-0.2, -0.15) is 0 Å². The number of aliphatic hydroxyl groups excluding tert-OH is 1. The number of aliphatic hydroxyl groups is 1. The molecule has 0 spiro atoms. The van der Waals surface area contributed by atoms with E-state index in [1.54, 1.807) is 12.1 Å². The van der Waals surface area contributed by atoms with Crippen LogP contribution in [0.4, 0.5) is 4.39 Å². The molecule has 0 aromatic heterocycles. The molecule has 1 aromatic carbocycles. The van der Waals surface area contributed by atoms with Crippen molar-refractivity contribution < 1.29 is 9.50 Å². The lowest BCUT2D eigenvalue weighted by atomic mass is 9.97. The summed E-state index contributed by atoms with van der Waals surface area (Å²) in [5.41, 5.74) is 7.12. The summed E-state index contributed by atoms with van der Waals surface area (Å²) < 4.78 is 12.8. The summed E-state index contributed by atoms with van der Waals surface area (Å²) in [7, 11) is 0. The van der Waals surface area contributed by atoms with Gasteiger partial charge in [-0.05, 0) is 62.5 Å². The molecule has 0 radical (unpaired) electrons. The maximum absolute atomic E-state index is 12.8. The second kappa shape index (κ2) is 6.98. The minimum atomic E-state index is -0.220. The van der Waals surface area contributed by atoms with Crippen molar-refractivity contribution in [2.45, 2.75) is 25.3 Å². The van der Waals surface area contributed by atoms with Gasteiger partial charge in [0.25, 0.3) is 0 Å². The summed E-state index contributed by atoms with van der Waals surface area (Å²) in [5.74, 6) is 0.254. The molecule has 0 bridgehead atoms. The number of benzene rings is 1. The standard InChI is InChI=1S/C15H23FN2O/c16-14-3-1-13(2-4-14)15(17)7-10-18-8-5-12(11-19)6-9-18/h1-4,12,15,19H,5-11,17H2. The third kappa shape index (κ3) is 4.27. The zero-order valence-corrected chi connectivity index (χ0v) is 11.3. The van der Waals surface area contributed by atoms with Gasteiger partial charge in [-0.25, -0.2) is 4.39 Å². The van der Waals surface area contributed by atoms with E-state index in [4.69, 9.17) is 10.8 Å². The Balaban J connectivity index is 1.75. The Hall–Kier alpha value is -0.970. The van der Waals surface area contributed by atoms with Gasteiger partial charge >= 0.3 is 0 Å². The molecule has 0 amide bonds. The average molecular weight is 266 g/mol. The van der Waals surface area contributed by atoms with E-state index < -0.39 is 0 Å². The van der Waals surface area contributed by atoms with Crippen molar-refractivity contribution in [1.29, 1.82) is 0 Å². The van der Waals surface area contributed by atoms with Gasteiger partial charge in [-0.15, -0.1) is 0 Å². The Kier molecular flexibility index (Phi) is 5.31. The van der Waals surface area contributed by atoms with Crippen molar-refractivity contribution in [3.63, 3.8) is 0 Å². The van der Waals surface area contributed by atoms with E-state index in [2.05, 4.69) is 4.90 Å². The minimum absolute atomic E-state index is 0.0313. The molecule has 1 atom stereocenters. The molecular formula is C15H23FN2O. The van der Waals surface area contributed by atoms with Gasteiger partial charge in [-0.1, -0.05) is 12.1 Å². The fourth-order valence-corrected chi connectivity index (χ4v) is 2.59. The van der Waals surface area contributed by atoms with Crippen molar-refractivity contribution in [2.24, 2.45) is 11.7 Å². The number of hydrogen-bond donors (Lipinski definition) is 2. The molecule has 2 rings (SSSR count). The predicted molar refractivity (Wildman–Crippen MR) is 74.2 cm³/mol. The molecule has 1 heterocycles. The van der Waals surface area contributed by atoms with Crippen LogP contribution >= 0.6 is 0 Å². The average Bonchev–Trinajstić information content (AvgIpc) is 2.46. The molecule has 1 unspecified atom stereocenters. The summed E-state index contributed by atoms with van der Waals surface area (Å²) in [6, 6.07) is 6.41. The lowest BCUT2D eigenvalue weighted by molar-refractivity contribution is 0.129. The lowest BCUT2D eigenvalue weighted by Crippen LogP contribution is -2.36. The highest BCUT2D eigenvalue weighted by Crippen LogP contribution is 2.19. The lowest BCUT2D eigenvalue weighted by Gasteiger charge is -2.31. The number of hydrogen-bond acceptors (Lipinski definition) is 3. The second-order valence-electron chi connectivity index (χ2n) is 5.41. The number of likely N-dealkylation sites (tertiary alicyclic amines) is 1. The summed E-state index contributed by atoms with van der Waals surface area (Å²) >= 11 is 0. The SMILES string of the molecule is NC(CCN1CCC(CO)CC1)c1ccc(F)cc1. The number of rotatable bonds is 5. The van der Waals surface area contributed by atoms with Crippen molar-refractivity contribution in [1.82, 2.24) is 4.90 Å². The zero-order valence-electron chi connectivity index (χ0n) is 11.3. The Morgan fingerprint density at radius 2 is 1.89 bits per heavy atom.